The lowest BCUT2D eigenvalue weighted by Gasteiger charge is -2.32. The zero-order valence-electron chi connectivity index (χ0n) is 14.8. The van der Waals surface area contributed by atoms with Gasteiger partial charge in [-0.3, -0.25) is 9.69 Å². The summed E-state index contributed by atoms with van der Waals surface area (Å²) < 4.78 is 20.2. The molecule has 3 heterocycles. The van der Waals surface area contributed by atoms with Crippen LogP contribution in [0.15, 0.2) is 48.5 Å². The van der Waals surface area contributed by atoms with Gasteiger partial charge >= 0.3 is 0 Å². The minimum atomic E-state index is -0.561. The summed E-state index contributed by atoms with van der Waals surface area (Å²) in [7, 11) is 0. The van der Waals surface area contributed by atoms with Gasteiger partial charge < -0.3 is 9.64 Å². The van der Waals surface area contributed by atoms with Crippen LogP contribution in [0.2, 0.25) is 5.02 Å². The van der Waals surface area contributed by atoms with Crippen molar-refractivity contribution >= 4 is 17.5 Å². The molecule has 27 heavy (non-hydrogen) atoms. The van der Waals surface area contributed by atoms with Crippen LogP contribution in [0.25, 0.3) is 0 Å². The molecule has 2 aromatic rings. The van der Waals surface area contributed by atoms with E-state index in [1.807, 2.05) is 35.2 Å². The van der Waals surface area contributed by atoms with Crippen LogP contribution in [0, 0.1) is 5.82 Å². The second-order valence-corrected chi connectivity index (χ2v) is 8.02. The van der Waals surface area contributed by atoms with Gasteiger partial charge in [0.15, 0.2) is 5.72 Å². The van der Waals surface area contributed by atoms with Gasteiger partial charge in [-0.1, -0.05) is 41.9 Å². The number of likely N-dealkylation sites (tertiary alicyclic amines) is 1. The summed E-state index contributed by atoms with van der Waals surface area (Å²) in [6.07, 6.45) is 1.13. The summed E-state index contributed by atoms with van der Waals surface area (Å²) in [5, 5.41) is 0.393. The molecule has 0 aromatic heterocycles. The van der Waals surface area contributed by atoms with Gasteiger partial charge in [0, 0.05) is 31.0 Å². The Hall–Kier alpha value is -1.95. The van der Waals surface area contributed by atoms with Gasteiger partial charge in [0.25, 0.3) is 0 Å². The smallest absolute Gasteiger partial charge is 0.226 e. The molecular formula is C21H20ClFN2O2. The first-order valence-electron chi connectivity index (χ1n) is 9.27. The molecule has 3 saturated heterocycles. The highest BCUT2D eigenvalue weighted by molar-refractivity contribution is 6.30. The van der Waals surface area contributed by atoms with Crippen LogP contribution in [0.1, 0.15) is 30.1 Å². The average Bonchev–Trinajstić information content (AvgIpc) is 3.25. The number of nitrogens with zero attached hydrogens (tertiary/aromatic N) is 2. The van der Waals surface area contributed by atoms with Crippen molar-refractivity contribution in [3.63, 3.8) is 0 Å². The number of amides is 1. The van der Waals surface area contributed by atoms with E-state index in [4.69, 9.17) is 16.3 Å². The minimum Gasteiger partial charge on any atom is -0.344 e. The molecule has 6 heteroatoms. The number of carbonyl (C=O) groups is 1. The number of hydrogen-bond acceptors (Lipinski definition) is 3. The van der Waals surface area contributed by atoms with Gasteiger partial charge in [-0.2, -0.15) is 0 Å². The second-order valence-electron chi connectivity index (χ2n) is 7.58. The van der Waals surface area contributed by atoms with E-state index in [9.17, 15) is 9.18 Å². The Morgan fingerprint density at radius 3 is 2.81 bits per heavy atom. The molecule has 5 rings (SSSR count). The molecule has 1 amide bonds. The Morgan fingerprint density at radius 1 is 1.22 bits per heavy atom. The van der Waals surface area contributed by atoms with E-state index < -0.39 is 5.72 Å². The number of benzene rings is 2. The molecule has 0 N–H and O–H groups in total. The van der Waals surface area contributed by atoms with Crippen LogP contribution in [-0.2, 0) is 16.1 Å². The SMILES string of the molecule is O=C1C[C@H]2N(Cc3cc(F)cc(Cl)c3)CC[C@]23O[C@@H](c2ccccc2)CN13. The molecule has 1 spiro atoms. The molecule has 2 aromatic carbocycles. The standard InChI is InChI=1S/C21H20ClFN2O2/c22-16-8-14(9-17(23)10-16)12-24-7-6-21-19(24)11-20(26)25(21)13-18(27-21)15-4-2-1-3-5-15/h1-5,8-10,18-19H,6-7,11-13H2/t18-,19-,21+/m1/s1. The fourth-order valence-electron chi connectivity index (χ4n) is 4.88. The maximum absolute atomic E-state index is 13.7. The number of ether oxygens (including phenoxy) is 1. The van der Waals surface area contributed by atoms with Gasteiger partial charge in [-0.15, -0.1) is 0 Å². The Morgan fingerprint density at radius 2 is 2.04 bits per heavy atom. The highest BCUT2D eigenvalue weighted by atomic mass is 35.5. The van der Waals surface area contributed by atoms with E-state index in [2.05, 4.69) is 4.90 Å². The van der Waals surface area contributed by atoms with Crippen LogP contribution in [0.4, 0.5) is 4.39 Å². The Kier molecular flexibility index (Phi) is 4.00. The van der Waals surface area contributed by atoms with Crippen LogP contribution in [0.3, 0.4) is 0 Å². The van der Waals surface area contributed by atoms with Gasteiger partial charge in [0.2, 0.25) is 5.91 Å². The molecule has 3 aliphatic rings. The lowest BCUT2D eigenvalue weighted by molar-refractivity contribution is -0.138. The molecule has 3 fully saturated rings. The molecule has 140 valence electrons. The second kappa shape index (κ2) is 6.30. The molecule has 0 unspecified atom stereocenters. The summed E-state index contributed by atoms with van der Waals surface area (Å²) >= 11 is 6.00. The Balaban J connectivity index is 1.40. The summed E-state index contributed by atoms with van der Waals surface area (Å²) in [6, 6.07) is 14.6. The Bertz CT molecular complexity index is 873. The van der Waals surface area contributed by atoms with Crippen LogP contribution in [-0.4, -0.2) is 40.6 Å². The lowest BCUT2D eigenvalue weighted by atomic mass is 10.1. The highest BCUT2D eigenvalue weighted by Gasteiger charge is 2.63. The third-order valence-electron chi connectivity index (χ3n) is 6.02. The predicted molar refractivity (Wildman–Crippen MR) is 99.6 cm³/mol. The van der Waals surface area contributed by atoms with Gasteiger partial charge in [0.05, 0.1) is 12.6 Å². The topological polar surface area (TPSA) is 32.8 Å². The quantitative estimate of drug-likeness (QED) is 0.805. The first kappa shape index (κ1) is 17.2. The molecule has 0 radical (unpaired) electrons. The van der Waals surface area contributed by atoms with Crippen molar-refractivity contribution in [3.05, 3.63) is 70.5 Å². The highest BCUT2D eigenvalue weighted by Crippen LogP contribution is 2.50. The van der Waals surface area contributed by atoms with Gasteiger partial charge in [-0.25, -0.2) is 4.39 Å². The monoisotopic (exact) mass is 386 g/mol. The lowest BCUT2D eigenvalue weighted by Crippen LogP contribution is -2.47. The summed E-state index contributed by atoms with van der Waals surface area (Å²) in [6.45, 7) is 1.97. The zero-order valence-corrected chi connectivity index (χ0v) is 15.5. The van der Waals surface area contributed by atoms with Crippen molar-refractivity contribution in [2.75, 3.05) is 13.1 Å². The van der Waals surface area contributed by atoms with Gasteiger partial charge in [0.1, 0.15) is 11.9 Å². The van der Waals surface area contributed by atoms with Crippen LogP contribution in [0.5, 0.6) is 0 Å². The maximum Gasteiger partial charge on any atom is 0.226 e. The molecule has 3 aliphatic heterocycles. The fourth-order valence-corrected chi connectivity index (χ4v) is 5.12. The van der Waals surface area contributed by atoms with E-state index in [0.717, 1.165) is 24.1 Å². The van der Waals surface area contributed by atoms with E-state index >= 15 is 0 Å². The van der Waals surface area contributed by atoms with Gasteiger partial charge in [-0.05, 0) is 29.3 Å². The number of halogens is 2. The zero-order chi connectivity index (χ0) is 18.6. The predicted octanol–water partition coefficient (Wildman–Crippen LogP) is 3.75. The summed E-state index contributed by atoms with van der Waals surface area (Å²) in [5.41, 5.74) is 1.36. The van der Waals surface area contributed by atoms with E-state index in [-0.39, 0.29) is 23.9 Å². The largest absolute Gasteiger partial charge is 0.344 e. The van der Waals surface area contributed by atoms with Crippen molar-refractivity contribution in [2.45, 2.75) is 37.3 Å². The molecule has 3 atom stereocenters. The van der Waals surface area contributed by atoms with Crippen molar-refractivity contribution in [1.82, 2.24) is 9.80 Å². The molecular weight excluding hydrogens is 367 g/mol. The number of hydrogen-bond donors (Lipinski definition) is 0. The first-order valence-corrected chi connectivity index (χ1v) is 9.65. The molecule has 0 saturated carbocycles. The molecule has 0 aliphatic carbocycles. The normalized spacial score (nSPS) is 30.0. The average molecular weight is 387 g/mol. The third-order valence-corrected chi connectivity index (χ3v) is 6.24. The van der Waals surface area contributed by atoms with Crippen molar-refractivity contribution in [1.29, 1.82) is 0 Å². The number of carbonyl (C=O) groups excluding carboxylic acids is 1. The van der Waals surface area contributed by atoms with Crippen LogP contribution >= 0.6 is 11.6 Å². The summed E-state index contributed by atoms with van der Waals surface area (Å²) in [4.78, 5) is 16.8. The third kappa shape index (κ3) is 2.76. The molecule has 4 nitrogen and oxygen atoms in total. The molecule has 0 bridgehead atoms. The maximum atomic E-state index is 13.7. The fraction of sp³-hybridized carbons (Fsp3) is 0.381. The minimum absolute atomic E-state index is 0.0132. The van der Waals surface area contributed by atoms with Crippen LogP contribution < -0.4 is 0 Å². The van der Waals surface area contributed by atoms with E-state index in [1.54, 1.807) is 6.07 Å². The number of rotatable bonds is 3. The van der Waals surface area contributed by atoms with E-state index in [0.29, 0.717) is 24.5 Å². The summed E-state index contributed by atoms with van der Waals surface area (Å²) in [5.74, 6) is -0.197. The van der Waals surface area contributed by atoms with Crippen molar-refractivity contribution < 1.29 is 13.9 Å². The Labute approximate surface area is 162 Å². The van der Waals surface area contributed by atoms with Crippen molar-refractivity contribution in [3.8, 4) is 0 Å². The first-order chi connectivity index (χ1) is 13.0. The van der Waals surface area contributed by atoms with E-state index in [1.165, 1.54) is 12.1 Å². The van der Waals surface area contributed by atoms with Crippen molar-refractivity contribution in [2.24, 2.45) is 0 Å².